The van der Waals surface area contributed by atoms with Gasteiger partial charge in [-0.15, -0.1) is 0 Å². The lowest BCUT2D eigenvalue weighted by molar-refractivity contribution is 0.972. The number of para-hydroxylation sites is 2. The lowest BCUT2D eigenvalue weighted by Crippen LogP contribution is -2.19. The second-order valence-electron chi connectivity index (χ2n) is 13.2. The molecule has 6 heteroatoms. The summed E-state index contributed by atoms with van der Waals surface area (Å²) in [7, 11) is 0. The molecule has 0 amide bonds. The van der Waals surface area contributed by atoms with Crippen LogP contribution < -0.4 is 11.5 Å². The quantitative estimate of drug-likeness (QED) is 0.0931. The number of anilines is 1. The molecule has 0 bridgehead atoms. The first kappa shape index (κ1) is 31.1. The van der Waals surface area contributed by atoms with Crippen molar-refractivity contribution in [2.75, 3.05) is 5.73 Å². The van der Waals surface area contributed by atoms with Crippen molar-refractivity contribution in [1.82, 2.24) is 9.13 Å². The van der Waals surface area contributed by atoms with E-state index in [0.29, 0.717) is 0 Å². The highest BCUT2D eigenvalue weighted by atomic mass is 15.2. The average molecular weight is 673 g/mol. The summed E-state index contributed by atoms with van der Waals surface area (Å²) < 4.78 is 4.27. The second kappa shape index (κ2) is 12.8. The average Bonchev–Trinajstić information content (AvgIpc) is 3.71. The molecule has 2 heterocycles. The maximum Gasteiger partial charge on any atom is 0.229 e. The van der Waals surface area contributed by atoms with Gasteiger partial charge < -0.3 is 16.0 Å². The fourth-order valence-electron chi connectivity index (χ4n) is 7.69. The summed E-state index contributed by atoms with van der Waals surface area (Å²) in [5, 5.41) is 13.9. The highest BCUT2D eigenvalue weighted by molar-refractivity contribution is 6.20. The van der Waals surface area contributed by atoms with Crippen LogP contribution in [0.2, 0.25) is 0 Å². The van der Waals surface area contributed by atoms with Crippen LogP contribution in [0.3, 0.4) is 0 Å². The van der Waals surface area contributed by atoms with Crippen LogP contribution in [0.25, 0.3) is 60.4 Å². The van der Waals surface area contributed by atoms with Crippen LogP contribution in [-0.4, -0.2) is 20.9 Å². The Morgan fingerprint density at radius 2 is 1.23 bits per heavy atom. The van der Waals surface area contributed by atoms with Crippen molar-refractivity contribution in [2.24, 2.45) is 10.7 Å². The van der Waals surface area contributed by atoms with Gasteiger partial charge in [-0.25, -0.2) is 0 Å². The number of fused-ring (bicyclic) bond motifs is 6. The number of hydrogen-bond acceptors (Lipinski definition) is 2. The number of hydrogen-bond donors (Lipinski definition) is 3. The molecule has 0 aliphatic carbocycles. The van der Waals surface area contributed by atoms with Gasteiger partial charge in [0, 0.05) is 32.8 Å². The Morgan fingerprint density at radius 1 is 0.577 bits per heavy atom. The molecule has 0 spiro atoms. The van der Waals surface area contributed by atoms with Crippen molar-refractivity contribution < 1.29 is 0 Å². The lowest BCUT2D eigenvalue weighted by Gasteiger charge is -2.13. The van der Waals surface area contributed by atoms with E-state index in [4.69, 9.17) is 16.5 Å². The second-order valence-corrected chi connectivity index (χ2v) is 13.2. The molecule has 0 aliphatic heterocycles. The minimum absolute atomic E-state index is 0.0275. The van der Waals surface area contributed by atoms with E-state index in [0.717, 1.165) is 84.5 Å². The van der Waals surface area contributed by atoms with Crippen LogP contribution in [0.4, 0.5) is 5.69 Å². The van der Waals surface area contributed by atoms with Gasteiger partial charge in [-0.1, -0.05) is 127 Å². The standard InChI is InChI=1S/C46H36N6/c47-38-26-28-41-43(35(38)25-23-30-13-4-1-5-14-30)36-20-12-22-42(44(36)52(41)46(49)50-45(48)32-17-8-3-9-18-32)51-39-21-11-10-19-34(39)37-29-33(24-27-40(37)51)31-15-6-2-7-16-31/h1-22,24,26-29H,23,25,47H2,(H3,48,49,50). The van der Waals surface area contributed by atoms with E-state index in [1.54, 1.807) is 0 Å². The molecule has 52 heavy (non-hydrogen) atoms. The normalized spacial score (nSPS) is 12.0. The number of benzene rings is 7. The van der Waals surface area contributed by atoms with E-state index in [2.05, 4.69) is 114 Å². The Balaban J connectivity index is 1.33. The van der Waals surface area contributed by atoms with Gasteiger partial charge in [0.15, 0.2) is 0 Å². The molecule has 0 saturated carbocycles. The maximum atomic E-state index is 9.58. The zero-order valence-corrected chi connectivity index (χ0v) is 28.5. The molecule has 0 saturated heterocycles. The van der Waals surface area contributed by atoms with Gasteiger partial charge >= 0.3 is 0 Å². The minimum Gasteiger partial charge on any atom is -0.398 e. The molecule has 250 valence electrons. The summed E-state index contributed by atoms with van der Waals surface area (Å²) in [6.07, 6.45) is 1.58. The molecule has 0 radical (unpaired) electrons. The third kappa shape index (κ3) is 5.20. The summed E-state index contributed by atoms with van der Waals surface area (Å²) in [5.74, 6) is 0.308. The Morgan fingerprint density at radius 3 is 2.02 bits per heavy atom. The number of aryl methyl sites for hydroxylation is 2. The number of nitrogens with one attached hydrogen (secondary N) is 1. The molecule has 2 aromatic heterocycles. The summed E-state index contributed by atoms with van der Waals surface area (Å²) in [6, 6.07) is 56.2. The van der Waals surface area contributed by atoms with E-state index < -0.39 is 0 Å². The SMILES string of the molecule is N=C(/N=C(\N)c1ccccc1)n1c2ccc(N)c(CCc3ccccc3)c2c2cccc(-n3c4ccccc4c4cc(-c5ccccc5)ccc43)c21. The highest BCUT2D eigenvalue weighted by Crippen LogP contribution is 2.41. The van der Waals surface area contributed by atoms with Crippen molar-refractivity contribution in [3.05, 3.63) is 180 Å². The first-order valence-electron chi connectivity index (χ1n) is 17.5. The van der Waals surface area contributed by atoms with Gasteiger partial charge in [0.2, 0.25) is 5.96 Å². The predicted octanol–water partition coefficient (Wildman–Crippen LogP) is 10.1. The summed E-state index contributed by atoms with van der Waals surface area (Å²) in [5.41, 5.74) is 24.3. The van der Waals surface area contributed by atoms with Crippen LogP contribution in [0.1, 0.15) is 16.7 Å². The molecule has 0 atom stereocenters. The summed E-state index contributed by atoms with van der Waals surface area (Å²) in [6.45, 7) is 0. The molecular weight excluding hydrogens is 637 g/mol. The van der Waals surface area contributed by atoms with Crippen molar-refractivity contribution in [3.63, 3.8) is 0 Å². The van der Waals surface area contributed by atoms with Crippen molar-refractivity contribution >= 4 is 61.1 Å². The molecule has 9 aromatic rings. The van der Waals surface area contributed by atoms with Gasteiger partial charge in [0.1, 0.15) is 5.84 Å². The van der Waals surface area contributed by atoms with Crippen molar-refractivity contribution in [3.8, 4) is 16.8 Å². The number of amidine groups is 1. The van der Waals surface area contributed by atoms with Crippen molar-refractivity contribution in [2.45, 2.75) is 12.8 Å². The first-order chi connectivity index (χ1) is 25.6. The zero-order valence-electron chi connectivity index (χ0n) is 28.5. The fourth-order valence-corrected chi connectivity index (χ4v) is 7.69. The molecule has 6 nitrogen and oxygen atoms in total. The summed E-state index contributed by atoms with van der Waals surface area (Å²) in [4.78, 5) is 4.73. The zero-order chi connectivity index (χ0) is 35.2. The molecule has 0 fully saturated rings. The van der Waals surface area contributed by atoms with E-state index >= 15 is 0 Å². The smallest absolute Gasteiger partial charge is 0.229 e. The topological polar surface area (TPSA) is 98.1 Å². The third-order valence-corrected chi connectivity index (χ3v) is 10.1. The predicted molar refractivity (Wildman–Crippen MR) is 218 cm³/mol. The van der Waals surface area contributed by atoms with E-state index in [1.165, 1.54) is 11.1 Å². The minimum atomic E-state index is 0.0275. The van der Waals surface area contributed by atoms with Crippen LogP contribution >= 0.6 is 0 Å². The van der Waals surface area contributed by atoms with Gasteiger partial charge in [-0.2, -0.15) is 4.99 Å². The number of nitrogens with two attached hydrogens (primary N) is 2. The Bertz CT molecular complexity index is 2810. The maximum absolute atomic E-state index is 9.58. The third-order valence-electron chi connectivity index (χ3n) is 10.1. The molecule has 7 aromatic carbocycles. The van der Waals surface area contributed by atoms with E-state index in [-0.39, 0.29) is 11.8 Å². The molecule has 0 aliphatic rings. The lowest BCUT2D eigenvalue weighted by atomic mass is 9.98. The Labute approximate surface area is 301 Å². The monoisotopic (exact) mass is 672 g/mol. The Kier molecular flexibility index (Phi) is 7.63. The number of aliphatic imine (C=N–C) groups is 1. The van der Waals surface area contributed by atoms with E-state index in [1.807, 2.05) is 59.2 Å². The molecule has 5 N–H and O–H groups in total. The van der Waals surface area contributed by atoms with E-state index in [9.17, 15) is 5.41 Å². The molecule has 0 unspecified atom stereocenters. The number of aromatic nitrogens is 2. The fraction of sp³-hybridized carbons (Fsp3) is 0.0435. The molecular formula is C46H36N6. The van der Waals surface area contributed by atoms with Gasteiger partial charge in [-0.3, -0.25) is 9.98 Å². The van der Waals surface area contributed by atoms with Gasteiger partial charge in [0.25, 0.3) is 0 Å². The van der Waals surface area contributed by atoms with Gasteiger partial charge in [0.05, 0.1) is 27.8 Å². The molecule has 9 rings (SSSR count). The number of nitrogen functional groups attached to an aromatic ring is 1. The van der Waals surface area contributed by atoms with Crippen LogP contribution in [-0.2, 0) is 12.8 Å². The highest BCUT2D eigenvalue weighted by Gasteiger charge is 2.23. The van der Waals surface area contributed by atoms with Crippen LogP contribution in [0, 0.1) is 5.41 Å². The number of nitrogens with zero attached hydrogens (tertiary/aromatic N) is 3. The largest absolute Gasteiger partial charge is 0.398 e. The number of rotatable bonds is 6. The van der Waals surface area contributed by atoms with Gasteiger partial charge in [-0.05, 0) is 71.5 Å². The summed E-state index contributed by atoms with van der Waals surface area (Å²) >= 11 is 0. The van der Waals surface area contributed by atoms with Crippen LogP contribution in [0.15, 0.2) is 169 Å². The first-order valence-corrected chi connectivity index (χ1v) is 17.5. The van der Waals surface area contributed by atoms with Crippen LogP contribution in [0.5, 0.6) is 0 Å². The van der Waals surface area contributed by atoms with Crippen molar-refractivity contribution in [1.29, 1.82) is 5.41 Å². The Hall–Kier alpha value is -6.92.